The number of nitrogens with zero attached hydrogens (tertiary/aromatic N) is 2. The van der Waals surface area contributed by atoms with Gasteiger partial charge in [-0.05, 0) is 12.1 Å². The Labute approximate surface area is 92.5 Å². The van der Waals surface area contributed by atoms with Crippen LogP contribution in [0.15, 0.2) is 18.2 Å². The molecular weight excluding hydrogens is 210 g/mol. The van der Waals surface area contributed by atoms with Crippen molar-refractivity contribution in [3.8, 4) is 6.07 Å². The third-order valence-electron chi connectivity index (χ3n) is 1.64. The number of hydrogen-bond donors (Lipinski definition) is 2. The molecule has 0 bridgehead atoms. The highest BCUT2D eigenvalue weighted by molar-refractivity contribution is 5.67. The first-order valence-corrected chi connectivity index (χ1v) is 4.63. The Morgan fingerprint density at radius 1 is 1.62 bits per heavy atom. The summed E-state index contributed by atoms with van der Waals surface area (Å²) in [5.74, 6) is -0.428. The van der Waals surface area contributed by atoms with Crippen molar-refractivity contribution in [2.75, 3.05) is 25.1 Å². The second-order valence-electron chi connectivity index (χ2n) is 2.89. The number of rotatable bonds is 6. The Bertz CT molecular complexity index is 401. The van der Waals surface area contributed by atoms with Crippen molar-refractivity contribution in [2.45, 2.75) is 0 Å². The summed E-state index contributed by atoms with van der Waals surface area (Å²) < 4.78 is 4.82. The van der Waals surface area contributed by atoms with Gasteiger partial charge < -0.3 is 15.2 Å². The number of nitrogens with one attached hydrogen (secondary N) is 1. The Morgan fingerprint density at radius 2 is 2.44 bits per heavy atom. The van der Waals surface area contributed by atoms with Crippen LogP contribution in [0, 0.1) is 11.3 Å². The van der Waals surface area contributed by atoms with Crippen LogP contribution in [0.1, 0.15) is 5.69 Å². The minimum absolute atomic E-state index is 0.269. The third-order valence-corrected chi connectivity index (χ3v) is 1.64. The van der Waals surface area contributed by atoms with Crippen molar-refractivity contribution in [1.29, 1.82) is 5.26 Å². The molecule has 0 aromatic carbocycles. The molecule has 0 amide bonds. The SMILES string of the molecule is N#Cc1cccc(NCCOCC(=O)O)n1. The van der Waals surface area contributed by atoms with Crippen molar-refractivity contribution >= 4 is 11.8 Å². The summed E-state index contributed by atoms with van der Waals surface area (Å²) in [7, 11) is 0. The molecule has 16 heavy (non-hydrogen) atoms. The molecule has 84 valence electrons. The standard InChI is InChI=1S/C10H11N3O3/c11-6-8-2-1-3-9(13-8)12-4-5-16-7-10(14)15/h1-3H,4-5,7H2,(H,12,13)(H,14,15). The number of nitriles is 1. The molecule has 1 aromatic rings. The van der Waals surface area contributed by atoms with Crippen molar-refractivity contribution < 1.29 is 14.6 Å². The van der Waals surface area contributed by atoms with Crippen LogP contribution in [-0.2, 0) is 9.53 Å². The van der Waals surface area contributed by atoms with E-state index in [1.807, 2.05) is 6.07 Å². The minimum Gasteiger partial charge on any atom is -0.480 e. The molecule has 1 aromatic heterocycles. The summed E-state index contributed by atoms with van der Waals surface area (Å²) >= 11 is 0. The van der Waals surface area contributed by atoms with E-state index in [-0.39, 0.29) is 13.2 Å². The molecule has 0 saturated carbocycles. The lowest BCUT2D eigenvalue weighted by Crippen LogP contribution is -2.14. The van der Waals surface area contributed by atoms with E-state index in [0.717, 1.165) is 0 Å². The van der Waals surface area contributed by atoms with Gasteiger partial charge in [0.1, 0.15) is 24.2 Å². The smallest absolute Gasteiger partial charge is 0.329 e. The fraction of sp³-hybridized carbons (Fsp3) is 0.300. The molecule has 0 radical (unpaired) electrons. The third kappa shape index (κ3) is 4.39. The molecule has 0 saturated heterocycles. The fourth-order valence-corrected chi connectivity index (χ4v) is 1.01. The highest BCUT2D eigenvalue weighted by atomic mass is 16.5. The quantitative estimate of drug-likeness (QED) is 0.678. The zero-order chi connectivity index (χ0) is 11.8. The Hall–Kier alpha value is -2.13. The molecule has 0 unspecified atom stereocenters. The maximum atomic E-state index is 10.1. The van der Waals surface area contributed by atoms with Crippen molar-refractivity contribution in [3.05, 3.63) is 23.9 Å². The van der Waals surface area contributed by atoms with Crippen LogP contribution in [0.5, 0.6) is 0 Å². The fourth-order valence-electron chi connectivity index (χ4n) is 1.01. The lowest BCUT2D eigenvalue weighted by molar-refractivity contribution is -0.142. The predicted molar refractivity (Wildman–Crippen MR) is 55.9 cm³/mol. The number of carbonyl (C=O) groups is 1. The summed E-state index contributed by atoms with van der Waals surface area (Å²) in [4.78, 5) is 14.1. The molecule has 0 spiro atoms. The Morgan fingerprint density at radius 3 is 3.12 bits per heavy atom. The van der Waals surface area contributed by atoms with Crippen LogP contribution in [0.4, 0.5) is 5.82 Å². The number of carboxylic acid groups (broad SMARTS) is 1. The van der Waals surface area contributed by atoms with Crippen molar-refractivity contribution in [2.24, 2.45) is 0 Å². The van der Waals surface area contributed by atoms with Crippen LogP contribution in [0.3, 0.4) is 0 Å². The summed E-state index contributed by atoms with van der Waals surface area (Å²) in [6, 6.07) is 6.96. The number of carboxylic acids is 1. The van der Waals surface area contributed by atoms with Gasteiger partial charge in [-0.15, -0.1) is 0 Å². The molecule has 0 fully saturated rings. The van der Waals surface area contributed by atoms with E-state index in [4.69, 9.17) is 15.1 Å². The average molecular weight is 221 g/mol. The second kappa shape index (κ2) is 6.37. The van der Waals surface area contributed by atoms with E-state index >= 15 is 0 Å². The largest absolute Gasteiger partial charge is 0.480 e. The summed E-state index contributed by atoms with van der Waals surface area (Å²) in [5, 5.41) is 19.8. The number of hydrogen-bond acceptors (Lipinski definition) is 5. The van der Waals surface area contributed by atoms with Gasteiger partial charge in [0.15, 0.2) is 0 Å². The first kappa shape index (κ1) is 11.9. The lowest BCUT2D eigenvalue weighted by atomic mass is 10.3. The molecule has 0 aliphatic carbocycles. The first-order valence-electron chi connectivity index (χ1n) is 4.63. The van der Waals surface area contributed by atoms with Gasteiger partial charge in [-0.1, -0.05) is 6.07 Å². The van der Waals surface area contributed by atoms with Crippen LogP contribution in [0.25, 0.3) is 0 Å². The van der Waals surface area contributed by atoms with Gasteiger partial charge in [0.2, 0.25) is 0 Å². The van der Waals surface area contributed by atoms with E-state index in [1.54, 1.807) is 18.2 Å². The number of pyridine rings is 1. The van der Waals surface area contributed by atoms with E-state index in [9.17, 15) is 4.79 Å². The minimum atomic E-state index is -0.996. The summed E-state index contributed by atoms with van der Waals surface area (Å²) in [5.41, 5.74) is 0.330. The normalized spacial score (nSPS) is 9.44. The monoisotopic (exact) mass is 221 g/mol. The zero-order valence-corrected chi connectivity index (χ0v) is 8.51. The Balaban J connectivity index is 2.27. The van der Waals surface area contributed by atoms with Crippen molar-refractivity contribution in [3.63, 3.8) is 0 Å². The van der Waals surface area contributed by atoms with Gasteiger partial charge >= 0.3 is 5.97 Å². The van der Waals surface area contributed by atoms with E-state index < -0.39 is 5.97 Å². The topological polar surface area (TPSA) is 95.2 Å². The highest BCUT2D eigenvalue weighted by Crippen LogP contribution is 2.02. The van der Waals surface area contributed by atoms with Crippen LogP contribution in [-0.4, -0.2) is 35.8 Å². The zero-order valence-electron chi connectivity index (χ0n) is 8.51. The summed E-state index contributed by atoms with van der Waals surface area (Å²) in [6.45, 7) is 0.396. The molecule has 1 heterocycles. The van der Waals surface area contributed by atoms with Crippen molar-refractivity contribution in [1.82, 2.24) is 4.98 Å². The molecule has 0 atom stereocenters. The van der Waals surface area contributed by atoms with E-state index in [2.05, 4.69) is 10.3 Å². The Kier molecular flexibility index (Phi) is 4.76. The van der Waals surface area contributed by atoms with Crippen LogP contribution in [0.2, 0.25) is 0 Å². The van der Waals surface area contributed by atoms with E-state index in [1.165, 1.54) is 0 Å². The molecular formula is C10H11N3O3. The predicted octanol–water partition coefficient (Wildman–Crippen LogP) is 0.466. The number of ether oxygens (including phenoxy) is 1. The number of aromatic nitrogens is 1. The van der Waals surface area contributed by atoms with Gasteiger partial charge in [0, 0.05) is 6.54 Å². The molecule has 1 rings (SSSR count). The molecule has 6 nitrogen and oxygen atoms in total. The van der Waals surface area contributed by atoms with Crippen LogP contribution < -0.4 is 5.32 Å². The van der Waals surface area contributed by atoms with E-state index in [0.29, 0.717) is 18.1 Å². The molecule has 6 heteroatoms. The van der Waals surface area contributed by atoms with Crippen LogP contribution >= 0.6 is 0 Å². The lowest BCUT2D eigenvalue weighted by Gasteiger charge is -2.05. The number of aliphatic carboxylic acids is 1. The molecule has 0 aliphatic heterocycles. The summed E-state index contributed by atoms with van der Waals surface area (Å²) in [6.07, 6.45) is 0. The maximum Gasteiger partial charge on any atom is 0.329 e. The molecule has 2 N–H and O–H groups in total. The first-order chi connectivity index (χ1) is 7.72. The average Bonchev–Trinajstić information content (AvgIpc) is 2.28. The van der Waals surface area contributed by atoms with Gasteiger partial charge in [-0.2, -0.15) is 5.26 Å². The maximum absolute atomic E-state index is 10.1. The van der Waals surface area contributed by atoms with Gasteiger partial charge in [-0.25, -0.2) is 9.78 Å². The van der Waals surface area contributed by atoms with Gasteiger partial charge in [-0.3, -0.25) is 0 Å². The number of anilines is 1. The molecule has 0 aliphatic rings. The van der Waals surface area contributed by atoms with Gasteiger partial charge in [0.05, 0.1) is 6.61 Å². The highest BCUT2D eigenvalue weighted by Gasteiger charge is 1.97. The second-order valence-corrected chi connectivity index (χ2v) is 2.89. The van der Waals surface area contributed by atoms with Gasteiger partial charge in [0.25, 0.3) is 0 Å².